The molecule has 3 N–H and O–H groups in total. The number of fused-ring (bicyclic) bond motifs is 1. The van der Waals surface area contributed by atoms with Crippen LogP contribution in [0, 0.1) is 0 Å². The molecule has 0 radical (unpaired) electrons. The summed E-state index contributed by atoms with van der Waals surface area (Å²) in [6.45, 7) is 0. The molecule has 3 rings (SSSR count). The van der Waals surface area contributed by atoms with Gasteiger partial charge < -0.3 is 14.8 Å². The molecular formula is C17H15N3O3. The third kappa shape index (κ3) is 3.01. The van der Waals surface area contributed by atoms with Crippen LogP contribution in [0.5, 0.6) is 11.5 Å². The van der Waals surface area contributed by atoms with Gasteiger partial charge in [-0.25, -0.2) is 5.43 Å². The van der Waals surface area contributed by atoms with E-state index in [1.807, 2.05) is 30.5 Å². The minimum absolute atomic E-state index is 0.0219. The van der Waals surface area contributed by atoms with Gasteiger partial charge in [-0.15, -0.1) is 0 Å². The van der Waals surface area contributed by atoms with Crippen molar-refractivity contribution in [2.75, 3.05) is 7.11 Å². The Balaban J connectivity index is 1.73. The topological polar surface area (TPSA) is 86.7 Å². The number of nitrogens with zero attached hydrogens (tertiary/aromatic N) is 1. The molecule has 116 valence electrons. The highest BCUT2D eigenvalue weighted by Crippen LogP contribution is 2.26. The fourth-order valence-corrected chi connectivity index (χ4v) is 2.24. The van der Waals surface area contributed by atoms with Gasteiger partial charge in [-0.2, -0.15) is 5.10 Å². The van der Waals surface area contributed by atoms with Crippen molar-refractivity contribution in [3.05, 3.63) is 59.8 Å². The molecule has 6 nitrogen and oxygen atoms in total. The standard InChI is InChI=1S/C17H15N3O3/c1-23-16-8-11(6-7-15(16)21)17(22)20-19-10-12-9-18-14-5-3-2-4-13(12)14/h2-10,18,21H,1H3,(H,20,22)/b19-10-. The molecule has 0 bridgehead atoms. The zero-order valence-corrected chi connectivity index (χ0v) is 12.4. The number of phenolic OH excluding ortho intramolecular Hbond substituents is 1. The van der Waals surface area contributed by atoms with Crippen molar-refractivity contribution < 1.29 is 14.6 Å². The van der Waals surface area contributed by atoms with Crippen molar-refractivity contribution in [1.82, 2.24) is 10.4 Å². The van der Waals surface area contributed by atoms with Gasteiger partial charge in [0, 0.05) is 28.2 Å². The van der Waals surface area contributed by atoms with Gasteiger partial charge in [-0.05, 0) is 24.3 Å². The van der Waals surface area contributed by atoms with Gasteiger partial charge in [0.2, 0.25) is 0 Å². The summed E-state index contributed by atoms with van der Waals surface area (Å²) < 4.78 is 4.97. The van der Waals surface area contributed by atoms with E-state index in [4.69, 9.17) is 4.74 Å². The third-order valence-corrected chi connectivity index (χ3v) is 3.43. The average Bonchev–Trinajstić information content (AvgIpc) is 2.98. The number of H-pyrrole nitrogens is 1. The molecule has 0 atom stereocenters. The molecule has 0 aliphatic rings. The van der Waals surface area contributed by atoms with Crippen molar-refractivity contribution in [1.29, 1.82) is 0 Å². The van der Waals surface area contributed by atoms with Crippen LogP contribution in [0.3, 0.4) is 0 Å². The Kier molecular flexibility index (Phi) is 3.97. The van der Waals surface area contributed by atoms with Crippen molar-refractivity contribution in [3.63, 3.8) is 0 Å². The second kappa shape index (κ2) is 6.23. The number of amides is 1. The Labute approximate surface area is 132 Å². The molecule has 1 aromatic heterocycles. The lowest BCUT2D eigenvalue weighted by molar-refractivity contribution is 0.0955. The van der Waals surface area contributed by atoms with Gasteiger partial charge >= 0.3 is 0 Å². The number of hydrazone groups is 1. The number of hydrogen-bond donors (Lipinski definition) is 3. The Morgan fingerprint density at radius 3 is 2.96 bits per heavy atom. The SMILES string of the molecule is COc1cc(C(=O)N/N=C\c2c[nH]c3ccccc23)ccc1O. The molecule has 0 unspecified atom stereocenters. The normalized spacial score (nSPS) is 11.0. The average molecular weight is 309 g/mol. The number of para-hydroxylation sites is 1. The van der Waals surface area contributed by atoms with E-state index in [0.29, 0.717) is 5.56 Å². The Morgan fingerprint density at radius 1 is 1.30 bits per heavy atom. The largest absolute Gasteiger partial charge is 0.504 e. The van der Waals surface area contributed by atoms with E-state index in [-0.39, 0.29) is 17.4 Å². The summed E-state index contributed by atoms with van der Waals surface area (Å²) in [6.07, 6.45) is 3.40. The van der Waals surface area contributed by atoms with Crippen LogP contribution in [0.15, 0.2) is 53.8 Å². The van der Waals surface area contributed by atoms with Crippen LogP contribution in [0.2, 0.25) is 0 Å². The van der Waals surface area contributed by atoms with Crippen molar-refractivity contribution in [2.24, 2.45) is 5.10 Å². The maximum absolute atomic E-state index is 12.0. The Hall–Kier alpha value is -3.28. The highest BCUT2D eigenvalue weighted by atomic mass is 16.5. The molecular weight excluding hydrogens is 294 g/mol. The fraction of sp³-hybridized carbons (Fsp3) is 0.0588. The first-order chi connectivity index (χ1) is 11.2. The van der Waals surface area contributed by atoms with Gasteiger partial charge in [-0.1, -0.05) is 18.2 Å². The molecule has 23 heavy (non-hydrogen) atoms. The van der Waals surface area contributed by atoms with Crippen LogP contribution in [-0.4, -0.2) is 29.3 Å². The van der Waals surface area contributed by atoms with Crippen LogP contribution < -0.4 is 10.2 Å². The number of rotatable bonds is 4. The van der Waals surface area contributed by atoms with Crippen LogP contribution in [-0.2, 0) is 0 Å². The second-order valence-electron chi connectivity index (χ2n) is 4.88. The number of benzene rings is 2. The molecule has 1 amide bonds. The van der Waals surface area contributed by atoms with Crippen LogP contribution in [0.4, 0.5) is 0 Å². The first kappa shape index (κ1) is 14.6. The zero-order chi connectivity index (χ0) is 16.2. The summed E-state index contributed by atoms with van der Waals surface area (Å²) in [4.78, 5) is 15.2. The number of phenols is 1. The van der Waals surface area contributed by atoms with E-state index in [1.165, 1.54) is 25.3 Å². The number of carbonyl (C=O) groups is 1. The molecule has 3 aromatic rings. The molecule has 0 spiro atoms. The van der Waals surface area contributed by atoms with Gasteiger partial charge in [0.05, 0.1) is 13.3 Å². The predicted octanol–water partition coefficient (Wildman–Crippen LogP) is 2.65. The molecule has 0 fully saturated rings. The number of nitrogens with one attached hydrogen (secondary N) is 2. The number of hydrogen-bond acceptors (Lipinski definition) is 4. The minimum atomic E-state index is -0.389. The summed E-state index contributed by atoms with van der Waals surface area (Å²) in [5.74, 6) is -0.177. The number of ether oxygens (including phenoxy) is 1. The number of aromatic nitrogens is 1. The van der Waals surface area contributed by atoms with E-state index in [1.54, 1.807) is 6.21 Å². The van der Waals surface area contributed by atoms with Crippen molar-refractivity contribution in [2.45, 2.75) is 0 Å². The quantitative estimate of drug-likeness (QED) is 0.511. The lowest BCUT2D eigenvalue weighted by Crippen LogP contribution is -2.17. The van der Waals surface area contributed by atoms with E-state index in [9.17, 15) is 9.90 Å². The van der Waals surface area contributed by atoms with E-state index >= 15 is 0 Å². The predicted molar refractivity (Wildman–Crippen MR) is 88.0 cm³/mol. The summed E-state index contributed by atoms with van der Waals surface area (Å²) in [6, 6.07) is 12.2. The summed E-state index contributed by atoms with van der Waals surface area (Å²) in [7, 11) is 1.42. The first-order valence-electron chi connectivity index (χ1n) is 6.95. The first-order valence-corrected chi connectivity index (χ1v) is 6.95. The number of carbonyl (C=O) groups excluding carboxylic acids is 1. The summed E-state index contributed by atoms with van der Waals surface area (Å²) in [5.41, 5.74) is 4.68. The molecule has 1 heterocycles. The van der Waals surface area contributed by atoms with Gasteiger partial charge in [0.25, 0.3) is 5.91 Å². The highest BCUT2D eigenvalue weighted by Gasteiger charge is 2.09. The maximum Gasteiger partial charge on any atom is 0.271 e. The van der Waals surface area contributed by atoms with Gasteiger partial charge in [-0.3, -0.25) is 4.79 Å². The molecule has 6 heteroatoms. The van der Waals surface area contributed by atoms with Crippen LogP contribution >= 0.6 is 0 Å². The van der Waals surface area contributed by atoms with Crippen molar-refractivity contribution in [3.8, 4) is 11.5 Å². The number of aromatic hydroxyl groups is 1. The lowest BCUT2D eigenvalue weighted by atomic mass is 10.2. The number of methoxy groups -OCH3 is 1. The second-order valence-corrected chi connectivity index (χ2v) is 4.88. The summed E-state index contributed by atoms with van der Waals surface area (Å²) >= 11 is 0. The highest BCUT2D eigenvalue weighted by molar-refractivity contribution is 6.00. The third-order valence-electron chi connectivity index (χ3n) is 3.43. The molecule has 0 saturated heterocycles. The number of aromatic amines is 1. The van der Waals surface area contributed by atoms with E-state index < -0.39 is 0 Å². The Morgan fingerprint density at radius 2 is 2.13 bits per heavy atom. The van der Waals surface area contributed by atoms with E-state index in [0.717, 1.165) is 16.5 Å². The smallest absolute Gasteiger partial charge is 0.271 e. The molecule has 0 aliphatic heterocycles. The molecule has 2 aromatic carbocycles. The van der Waals surface area contributed by atoms with E-state index in [2.05, 4.69) is 15.5 Å². The fourth-order valence-electron chi connectivity index (χ4n) is 2.24. The Bertz CT molecular complexity index is 884. The van der Waals surface area contributed by atoms with Gasteiger partial charge in [0.1, 0.15) is 0 Å². The zero-order valence-electron chi connectivity index (χ0n) is 12.4. The van der Waals surface area contributed by atoms with Crippen LogP contribution in [0.1, 0.15) is 15.9 Å². The molecule has 0 aliphatic carbocycles. The monoisotopic (exact) mass is 309 g/mol. The summed E-state index contributed by atoms with van der Waals surface area (Å²) in [5, 5.41) is 14.5. The lowest BCUT2D eigenvalue weighted by Gasteiger charge is -2.05. The van der Waals surface area contributed by atoms with Gasteiger partial charge in [0.15, 0.2) is 11.5 Å². The molecule has 0 saturated carbocycles. The maximum atomic E-state index is 12.0. The van der Waals surface area contributed by atoms with Crippen molar-refractivity contribution >= 4 is 23.0 Å². The minimum Gasteiger partial charge on any atom is -0.504 e. The van der Waals surface area contributed by atoms with Crippen LogP contribution in [0.25, 0.3) is 10.9 Å².